The summed E-state index contributed by atoms with van der Waals surface area (Å²) in [6.07, 6.45) is 4.02. The van der Waals surface area contributed by atoms with Crippen LogP contribution in [0.2, 0.25) is 0 Å². The van der Waals surface area contributed by atoms with E-state index < -0.39 is 0 Å². The molecule has 0 aliphatic carbocycles. The monoisotopic (exact) mass is 386 g/mol. The van der Waals surface area contributed by atoms with E-state index in [4.69, 9.17) is 9.15 Å². The third-order valence-electron chi connectivity index (χ3n) is 5.55. The Bertz CT molecular complexity index is 857. The van der Waals surface area contributed by atoms with Gasteiger partial charge < -0.3 is 19.4 Å². The zero-order valence-electron chi connectivity index (χ0n) is 16.3. The van der Waals surface area contributed by atoms with Crippen LogP contribution in [-0.2, 0) is 9.53 Å². The summed E-state index contributed by atoms with van der Waals surface area (Å²) < 4.78 is 12.7. The van der Waals surface area contributed by atoms with Crippen molar-refractivity contribution in [1.82, 2.24) is 14.7 Å². The topological polar surface area (TPSA) is 89.6 Å². The maximum Gasteiger partial charge on any atom is 0.289 e. The third-order valence-corrected chi connectivity index (χ3v) is 5.55. The molecule has 4 heterocycles. The molecule has 0 saturated carbocycles. The van der Waals surface area contributed by atoms with E-state index in [1.165, 1.54) is 0 Å². The van der Waals surface area contributed by atoms with Gasteiger partial charge in [0.25, 0.3) is 5.91 Å². The molecule has 2 fully saturated rings. The van der Waals surface area contributed by atoms with Gasteiger partial charge in [0.1, 0.15) is 11.6 Å². The first-order chi connectivity index (χ1) is 13.5. The molecule has 0 bridgehead atoms. The van der Waals surface area contributed by atoms with Gasteiger partial charge >= 0.3 is 0 Å². The molecule has 1 N–H and O–H groups in total. The average molecular weight is 386 g/mol. The summed E-state index contributed by atoms with van der Waals surface area (Å²) in [5.74, 6) is 1.72. The predicted molar refractivity (Wildman–Crippen MR) is 102 cm³/mol. The van der Waals surface area contributed by atoms with Crippen LogP contribution in [0.25, 0.3) is 0 Å². The molecule has 2 aliphatic rings. The fraction of sp³-hybridized carbons (Fsp3) is 0.550. The Morgan fingerprint density at radius 2 is 2.00 bits per heavy atom. The number of carbonyl (C=O) groups is 2. The molecule has 8 heteroatoms. The zero-order valence-corrected chi connectivity index (χ0v) is 16.3. The van der Waals surface area contributed by atoms with Crippen molar-refractivity contribution in [1.29, 1.82) is 0 Å². The summed E-state index contributed by atoms with van der Waals surface area (Å²) in [5, 5.41) is 7.40. The number of nitrogens with zero attached hydrogens (tertiary/aromatic N) is 3. The van der Waals surface area contributed by atoms with Crippen molar-refractivity contribution < 1.29 is 18.7 Å². The molecule has 2 aliphatic heterocycles. The number of nitrogens with one attached hydrogen (secondary N) is 1. The molecule has 8 nitrogen and oxygen atoms in total. The van der Waals surface area contributed by atoms with E-state index in [2.05, 4.69) is 10.4 Å². The lowest BCUT2D eigenvalue weighted by molar-refractivity contribution is -0.119. The number of amides is 2. The molecular weight excluding hydrogens is 360 g/mol. The van der Waals surface area contributed by atoms with Gasteiger partial charge in [0.15, 0.2) is 5.76 Å². The van der Waals surface area contributed by atoms with Crippen LogP contribution in [0.15, 0.2) is 22.7 Å². The fourth-order valence-corrected chi connectivity index (χ4v) is 3.98. The number of carbonyl (C=O) groups excluding carboxylic acids is 2. The van der Waals surface area contributed by atoms with E-state index in [1.54, 1.807) is 6.20 Å². The minimum Gasteiger partial charge on any atom is -0.456 e. The first-order valence-corrected chi connectivity index (χ1v) is 9.81. The summed E-state index contributed by atoms with van der Waals surface area (Å²) in [6.45, 7) is 6.12. The van der Waals surface area contributed by atoms with Gasteiger partial charge in [0.05, 0.1) is 24.8 Å². The molecule has 0 radical (unpaired) electrons. The van der Waals surface area contributed by atoms with Crippen molar-refractivity contribution in [3.63, 3.8) is 0 Å². The summed E-state index contributed by atoms with van der Waals surface area (Å²) in [5.41, 5.74) is 0.873. The van der Waals surface area contributed by atoms with Crippen molar-refractivity contribution in [2.24, 2.45) is 5.92 Å². The van der Waals surface area contributed by atoms with Crippen molar-refractivity contribution in [3.05, 3.63) is 35.4 Å². The molecule has 2 aromatic rings. The quantitative estimate of drug-likeness (QED) is 0.872. The second-order valence-electron chi connectivity index (χ2n) is 7.60. The molecule has 2 aromatic heterocycles. The normalized spacial score (nSPS) is 20.5. The Hall–Kier alpha value is -2.61. The van der Waals surface area contributed by atoms with Gasteiger partial charge in [0.2, 0.25) is 5.91 Å². The van der Waals surface area contributed by atoms with E-state index in [-0.39, 0.29) is 23.8 Å². The van der Waals surface area contributed by atoms with Crippen molar-refractivity contribution in [2.75, 3.05) is 31.6 Å². The summed E-state index contributed by atoms with van der Waals surface area (Å²) >= 11 is 0. The van der Waals surface area contributed by atoms with Gasteiger partial charge in [0, 0.05) is 31.3 Å². The second-order valence-corrected chi connectivity index (χ2v) is 7.60. The Morgan fingerprint density at radius 3 is 2.64 bits per heavy atom. The number of hydrogen-bond donors (Lipinski definition) is 1. The first kappa shape index (κ1) is 18.7. The number of ether oxygens (including phenoxy) is 1. The number of aromatic nitrogens is 2. The highest BCUT2D eigenvalue weighted by molar-refractivity contribution is 5.93. The molecule has 0 spiro atoms. The van der Waals surface area contributed by atoms with Gasteiger partial charge in [-0.15, -0.1) is 0 Å². The van der Waals surface area contributed by atoms with Gasteiger partial charge in [-0.1, -0.05) is 0 Å². The smallest absolute Gasteiger partial charge is 0.289 e. The van der Waals surface area contributed by atoms with Gasteiger partial charge in [-0.2, -0.15) is 5.10 Å². The molecule has 28 heavy (non-hydrogen) atoms. The minimum absolute atomic E-state index is 0.0180. The molecule has 1 unspecified atom stereocenters. The van der Waals surface area contributed by atoms with Crippen LogP contribution in [0.1, 0.15) is 47.2 Å². The number of likely N-dealkylation sites (tertiary alicyclic amines) is 1. The lowest BCUT2D eigenvalue weighted by Gasteiger charge is -2.32. The van der Waals surface area contributed by atoms with Crippen molar-refractivity contribution in [2.45, 2.75) is 39.2 Å². The Kier molecular flexibility index (Phi) is 5.21. The van der Waals surface area contributed by atoms with E-state index in [0.717, 1.165) is 30.6 Å². The highest BCUT2D eigenvalue weighted by Gasteiger charge is 2.29. The van der Waals surface area contributed by atoms with Gasteiger partial charge in [-0.25, -0.2) is 4.68 Å². The van der Waals surface area contributed by atoms with E-state index in [1.807, 2.05) is 35.6 Å². The summed E-state index contributed by atoms with van der Waals surface area (Å²) in [6, 6.07) is 3.85. The minimum atomic E-state index is -0.0946. The van der Waals surface area contributed by atoms with Crippen LogP contribution in [0.3, 0.4) is 0 Å². The van der Waals surface area contributed by atoms with E-state index in [0.29, 0.717) is 37.9 Å². The van der Waals surface area contributed by atoms with Crippen LogP contribution in [0.4, 0.5) is 5.82 Å². The van der Waals surface area contributed by atoms with Crippen molar-refractivity contribution in [3.8, 4) is 0 Å². The Balaban J connectivity index is 1.38. The van der Waals surface area contributed by atoms with Crippen LogP contribution >= 0.6 is 0 Å². The maximum atomic E-state index is 12.7. The number of furan rings is 1. The third kappa shape index (κ3) is 3.69. The summed E-state index contributed by atoms with van der Waals surface area (Å²) in [4.78, 5) is 26.9. The molecule has 150 valence electrons. The molecule has 1 atom stereocenters. The molecule has 2 amide bonds. The molecule has 4 rings (SSSR count). The number of rotatable bonds is 4. The predicted octanol–water partition coefficient (Wildman–Crippen LogP) is 2.55. The fourth-order valence-electron chi connectivity index (χ4n) is 3.98. The highest BCUT2D eigenvalue weighted by Crippen LogP contribution is 2.27. The van der Waals surface area contributed by atoms with Crippen LogP contribution in [0, 0.1) is 19.8 Å². The number of aryl methyl sites for hydroxylation is 2. The van der Waals surface area contributed by atoms with Crippen LogP contribution in [0.5, 0.6) is 0 Å². The van der Waals surface area contributed by atoms with E-state index in [9.17, 15) is 9.59 Å². The number of hydrogen-bond acceptors (Lipinski definition) is 5. The van der Waals surface area contributed by atoms with Crippen LogP contribution in [-0.4, -0.2) is 52.8 Å². The highest BCUT2D eigenvalue weighted by atomic mass is 16.5. The van der Waals surface area contributed by atoms with Crippen LogP contribution < -0.4 is 5.32 Å². The summed E-state index contributed by atoms with van der Waals surface area (Å²) in [7, 11) is 0. The van der Waals surface area contributed by atoms with Gasteiger partial charge in [-0.3, -0.25) is 9.59 Å². The standard InChI is InChI=1S/C20H26N4O4/c1-13-11-14(2)28-18(13)20(26)23-8-4-16(5-9-23)24-17(3-7-21-24)22-19(25)15-6-10-27-12-15/h3,7,11,15-16H,4-6,8-10,12H2,1-2H3,(H,22,25). The van der Waals surface area contributed by atoms with Crippen molar-refractivity contribution >= 4 is 17.6 Å². The lowest BCUT2D eigenvalue weighted by atomic mass is 10.0. The Labute approximate surface area is 163 Å². The van der Waals surface area contributed by atoms with E-state index >= 15 is 0 Å². The SMILES string of the molecule is Cc1cc(C)c(C(=O)N2CCC(n3nccc3NC(=O)C3CCOC3)CC2)o1. The number of anilines is 1. The van der Waals surface area contributed by atoms with Gasteiger partial charge in [-0.05, 0) is 39.2 Å². The molecule has 0 aromatic carbocycles. The first-order valence-electron chi connectivity index (χ1n) is 9.81. The maximum absolute atomic E-state index is 12.7. The lowest BCUT2D eigenvalue weighted by Crippen LogP contribution is -2.39. The average Bonchev–Trinajstić information content (AvgIpc) is 3.43. The second kappa shape index (κ2) is 7.79. The molecule has 2 saturated heterocycles. The largest absolute Gasteiger partial charge is 0.456 e. The molecular formula is C20H26N4O4. The number of piperidine rings is 1. The Morgan fingerprint density at radius 1 is 1.21 bits per heavy atom. The zero-order chi connectivity index (χ0) is 19.7.